The predicted molar refractivity (Wildman–Crippen MR) is 64.4 cm³/mol. The van der Waals surface area contributed by atoms with E-state index in [1.165, 1.54) is 22.6 Å². The smallest absolute Gasteiger partial charge is 0.0486 e. The van der Waals surface area contributed by atoms with Crippen LogP contribution in [0.2, 0.25) is 0 Å². The molecule has 1 aromatic heterocycles. The molecule has 1 heteroatoms. The van der Waals surface area contributed by atoms with E-state index < -0.39 is 0 Å². The molecule has 0 spiro atoms. The molecule has 1 aromatic carbocycles. The summed E-state index contributed by atoms with van der Waals surface area (Å²) in [5.74, 6) is 0. The zero-order chi connectivity index (χ0) is 11.0. The van der Waals surface area contributed by atoms with Gasteiger partial charge >= 0.3 is 0 Å². The molecule has 0 aliphatic heterocycles. The maximum absolute atomic E-state index is 4.04. The molecule has 0 N–H and O–H groups in total. The summed E-state index contributed by atoms with van der Waals surface area (Å²) in [5, 5.41) is 0. The summed E-state index contributed by atoms with van der Waals surface area (Å²) in [6.07, 6.45) is 0. The van der Waals surface area contributed by atoms with Crippen molar-refractivity contribution < 1.29 is 0 Å². The molecule has 1 nitrogen and oxygen atoms in total. The molecule has 0 saturated heterocycles. The Bertz CT molecular complexity index is 473. The van der Waals surface area contributed by atoms with Gasteiger partial charge in [0.15, 0.2) is 0 Å². The van der Waals surface area contributed by atoms with Crippen molar-refractivity contribution in [2.24, 2.45) is 0 Å². The molecule has 15 heavy (non-hydrogen) atoms. The van der Waals surface area contributed by atoms with Crippen LogP contribution in [0.3, 0.4) is 0 Å². The lowest BCUT2D eigenvalue weighted by Gasteiger charge is -2.13. The molecule has 0 unspecified atom stereocenters. The highest BCUT2D eigenvalue weighted by Gasteiger charge is 2.07. The second-order valence-corrected chi connectivity index (χ2v) is 4.01. The van der Waals surface area contributed by atoms with Crippen molar-refractivity contribution in [3.8, 4) is 5.69 Å². The molecule has 0 amide bonds. The van der Waals surface area contributed by atoms with Crippen LogP contribution in [0.5, 0.6) is 0 Å². The second-order valence-electron chi connectivity index (χ2n) is 4.01. The average molecular weight is 198 g/mol. The third kappa shape index (κ3) is 1.58. The van der Waals surface area contributed by atoms with Crippen molar-refractivity contribution in [2.45, 2.75) is 20.8 Å². The number of aromatic nitrogens is 1. The van der Waals surface area contributed by atoms with Crippen LogP contribution >= 0.6 is 0 Å². The fourth-order valence-corrected chi connectivity index (χ4v) is 1.96. The summed E-state index contributed by atoms with van der Waals surface area (Å²) in [7, 11) is 0. The van der Waals surface area contributed by atoms with Crippen LogP contribution in [-0.4, -0.2) is 4.57 Å². The van der Waals surface area contributed by atoms with Crippen LogP contribution in [-0.2, 0) is 0 Å². The molecule has 0 aliphatic rings. The normalized spacial score (nSPS) is 10.7. The largest absolute Gasteiger partial charge is 0.318 e. The van der Waals surface area contributed by atoms with E-state index in [1.54, 1.807) is 0 Å². The monoisotopic (exact) mass is 198 g/mol. The van der Waals surface area contributed by atoms with E-state index in [9.17, 15) is 0 Å². The SMILES string of the molecule is [CH2]c1cccc(-n2c(C)ccc2C)c1C. The van der Waals surface area contributed by atoms with Crippen LogP contribution in [0.15, 0.2) is 30.3 Å². The molecular formula is C14H16N. The number of aryl methyl sites for hydroxylation is 2. The summed E-state index contributed by atoms with van der Waals surface area (Å²) in [6.45, 7) is 10.4. The number of hydrogen-bond acceptors (Lipinski definition) is 0. The Morgan fingerprint density at radius 2 is 1.53 bits per heavy atom. The first-order valence-electron chi connectivity index (χ1n) is 5.18. The molecule has 77 valence electrons. The van der Waals surface area contributed by atoms with E-state index in [4.69, 9.17) is 0 Å². The van der Waals surface area contributed by atoms with Crippen LogP contribution in [0, 0.1) is 27.7 Å². The molecule has 0 saturated carbocycles. The fourth-order valence-electron chi connectivity index (χ4n) is 1.96. The number of nitrogens with zero attached hydrogens (tertiary/aromatic N) is 1. The van der Waals surface area contributed by atoms with Crippen molar-refractivity contribution in [3.63, 3.8) is 0 Å². The molecule has 0 bridgehead atoms. The molecule has 0 fully saturated rings. The Morgan fingerprint density at radius 1 is 0.933 bits per heavy atom. The lowest BCUT2D eigenvalue weighted by molar-refractivity contribution is 0.953. The summed E-state index contributed by atoms with van der Waals surface area (Å²) in [4.78, 5) is 0. The average Bonchev–Trinajstić information content (AvgIpc) is 2.52. The maximum atomic E-state index is 4.04. The van der Waals surface area contributed by atoms with Gasteiger partial charge in [-0.05, 0) is 57.0 Å². The third-order valence-corrected chi connectivity index (χ3v) is 2.93. The van der Waals surface area contributed by atoms with Crippen molar-refractivity contribution >= 4 is 0 Å². The van der Waals surface area contributed by atoms with Crippen molar-refractivity contribution in [1.82, 2.24) is 4.57 Å². The first-order chi connectivity index (χ1) is 7.11. The number of rotatable bonds is 1. The minimum absolute atomic E-state index is 1.10. The molecular weight excluding hydrogens is 182 g/mol. The summed E-state index contributed by atoms with van der Waals surface area (Å²) in [5.41, 5.74) is 6.12. The topological polar surface area (TPSA) is 4.93 Å². The predicted octanol–water partition coefficient (Wildman–Crippen LogP) is 3.58. The molecule has 2 rings (SSSR count). The van der Waals surface area contributed by atoms with Gasteiger partial charge in [-0.1, -0.05) is 12.1 Å². The van der Waals surface area contributed by atoms with Gasteiger partial charge in [0, 0.05) is 17.1 Å². The molecule has 1 radical (unpaired) electrons. The highest BCUT2D eigenvalue weighted by atomic mass is 15.0. The van der Waals surface area contributed by atoms with Crippen molar-refractivity contribution in [1.29, 1.82) is 0 Å². The highest BCUT2D eigenvalue weighted by Crippen LogP contribution is 2.21. The van der Waals surface area contributed by atoms with Gasteiger partial charge in [-0.15, -0.1) is 0 Å². The van der Waals surface area contributed by atoms with Crippen molar-refractivity contribution in [3.05, 3.63) is 59.8 Å². The van der Waals surface area contributed by atoms with Gasteiger partial charge in [-0.3, -0.25) is 0 Å². The van der Waals surface area contributed by atoms with E-state index in [1.807, 2.05) is 6.07 Å². The Kier molecular flexibility index (Phi) is 2.39. The Hall–Kier alpha value is -1.50. The Balaban J connectivity index is 2.69. The van der Waals surface area contributed by atoms with Crippen LogP contribution in [0.4, 0.5) is 0 Å². The quantitative estimate of drug-likeness (QED) is 0.660. The first-order valence-corrected chi connectivity index (χ1v) is 5.18. The Morgan fingerprint density at radius 3 is 2.13 bits per heavy atom. The van der Waals surface area contributed by atoms with Crippen LogP contribution in [0.25, 0.3) is 5.69 Å². The fraction of sp³-hybridized carbons (Fsp3) is 0.214. The molecule has 1 heterocycles. The van der Waals surface area contributed by atoms with E-state index in [-0.39, 0.29) is 0 Å². The van der Waals surface area contributed by atoms with Gasteiger partial charge in [0.25, 0.3) is 0 Å². The number of benzene rings is 1. The minimum Gasteiger partial charge on any atom is -0.318 e. The molecule has 0 atom stereocenters. The third-order valence-electron chi connectivity index (χ3n) is 2.93. The van der Waals surface area contributed by atoms with E-state index in [0.717, 1.165) is 5.56 Å². The highest BCUT2D eigenvalue weighted by molar-refractivity contribution is 5.48. The lowest BCUT2D eigenvalue weighted by Crippen LogP contribution is -2.01. The van der Waals surface area contributed by atoms with Gasteiger partial charge in [0.1, 0.15) is 0 Å². The van der Waals surface area contributed by atoms with E-state index in [2.05, 4.69) is 56.5 Å². The maximum Gasteiger partial charge on any atom is 0.0486 e. The van der Waals surface area contributed by atoms with E-state index >= 15 is 0 Å². The zero-order valence-electron chi connectivity index (χ0n) is 9.54. The van der Waals surface area contributed by atoms with Gasteiger partial charge in [0.05, 0.1) is 0 Å². The lowest BCUT2D eigenvalue weighted by atomic mass is 10.1. The van der Waals surface area contributed by atoms with Gasteiger partial charge in [-0.25, -0.2) is 0 Å². The summed E-state index contributed by atoms with van der Waals surface area (Å²) < 4.78 is 2.27. The van der Waals surface area contributed by atoms with E-state index in [0.29, 0.717) is 0 Å². The standard InChI is InChI=1S/C14H16N/c1-10-6-5-7-14(13(10)4)15-11(2)8-9-12(15)3/h5-9H,1H2,2-4H3. The van der Waals surface area contributed by atoms with Crippen LogP contribution in [0.1, 0.15) is 22.5 Å². The summed E-state index contributed by atoms with van der Waals surface area (Å²) in [6, 6.07) is 10.5. The second kappa shape index (κ2) is 3.58. The molecule has 2 aromatic rings. The van der Waals surface area contributed by atoms with Gasteiger partial charge < -0.3 is 4.57 Å². The van der Waals surface area contributed by atoms with Crippen molar-refractivity contribution in [2.75, 3.05) is 0 Å². The Labute approximate surface area is 91.4 Å². The minimum atomic E-state index is 1.10. The summed E-state index contributed by atoms with van der Waals surface area (Å²) >= 11 is 0. The first kappa shape index (κ1) is 10.0. The number of hydrogen-bond donors (Lipinski definition) is 0. The zero-order valence-corrected chi connectivity index (χ0v) is 9.54. The van der Waals surface area contributed by atoms with Gasteiger partial charge in [0.2, 0.25) is 0 Å². The van der Waals surface area contributed by atoms with Crippen LogP contribution < -0.4 is 0 Å². The van der Waals surface area contributed by atoms with Gasteiger partial charge in [-0.2, -0.15) is 0 Å². The molecule has 0 aliphatic carbocycles.